The Hall–Kier alpha value is -0.0800. The van der Waals surface area contributed by atoms with Crippen LogP contribution in [0.2, 0.25) is 0 Å². The van der Waals surface area contributed by atoms with E-state index in [2.05, 4.69) is 55.4 Å². The highest BCUT2D eigenvalue weighted by molar-refractivity contribution is 4.90. The van der Waals surface area contributed by atoms with Gasteiger partial charge >= 0.3 is 0 Å². The minimum atomic E-state index is -0.561. The Labute approximate surface area is 152 Å². The van der Waals surface area contributed by atoms with Gasteiger partial charge in [-0.15, -0.1) is 0 Å². The smallest absolute Gasteiger partial charge is 0.0698 e. The van der Waals surface area contributed by atoms with Gasteiger partial charge in [-0.3, -0.25) is 0 Å². The first kappa shape index (κ1) is 23.9. The first-order valence-corrected chi connectivity index (χ1v) is 10.6. The van der Waals surface area contributed by atoms with Gasteiger partial charge in [-0.25, -0.2) is 0 Å². The minimum Gasteiger partial charge on any atom is -0.389 e. The van der Waals surface area contributed by atoms with E-state index in [1.807, 2.05) is 0 Å². The summed E-state index contributed by atoms with van der Waals surface area (Å²) in [5.74, 6) is 1.32. The summed E-state index contributed by atoms with van der Waals surface area (Å²) < 4.78 is 0. The van der Waals surface area contributed by atoms with Gasteiger partial charge in [0.15, 0.2) is 0 Å². The van der Waals surface area contributed by atoms with Crippen molar-refractivity contribution in [2.45, 2.75) is 118 Å². The van der Waals surface area contributed by atoms with Gasteiger partial charge in [0.25, 0.3) is 0 Å². The Balaban J connectivity index is 4.81. The number of rotatable bonds is 13. The molecule has 0 aromatic carbocycles. The lowest BCUT2D eigenvalue weighted by Gasteiger charge is -2.41. The van der Waals surface area contributed by atoms with Crippen molar-refractivity contribution < 1.29 is 10.2 Å². The molecule has 0 aliphatic carbocycles. The van der Waals surface area contributed by atoms with Gasteiger partial charge in [-0.2, -0.15) is 0 Å². The second-order valence-corrected chi connectivity index (χ2v) is 8.43. The summed E-state index contributed by atoms with van der Waals surface area (Å²) >= 11 is 0. The number of hydrogen-bond donors (Lipinski definition) is 2. The summed E-state index contributed by atoms with van der Waals surface area (Å²) in [4.78, 5) is 0. The van der Waals surface area contributed by atoms with E-state index in [1.54, 1.807) is 0 Å². The predicted octanol–water partition coefficient (Wildman–Crippen LogP) is 6.19. The molecule has 2 N–H and O–H groups in total. The van der Waals surface area contributed by atoms with E-state index in [4.69, 9.17) is 0 Å². The van der Waals surface area contributed by atoms with Crippen LogP contribution in [0.1, 0.15) is 107 Å². The van der Waals surface area contributed by atoms with Crippen LogP contribution < -0.4 is 0 Å². The van der Waals surface area contributed by atoms with Gasteiger partial charge < -0.3 is 10.2 Å². The summed E-state index contributed by atoms with van der Waals surface area (Å²) in [6.45, 7) is 17.4. The van der Waals surface area contributed by atoms with Crippen molar-refractivity contribution in [1.82, 2.24) is 0 Å². The maximum Gasteiger partial charge on any atom is 0.0698 e. The van der Waals surface area contributed by atoms with Crippen molar-refractivity contribution in [2.75, 3.05) is 0 Å². The molecule has 0 radical (unpaired) electrons. The molecule has 146 valence electrons. The van der Waals surface area contributed by atoms with Crippen molar-refractivity contribution in [1.29, 1.82) is 0 Å². The summed E-state index contributed by atoms with van der Waals surface area (Å²) in [7, 11) is 0. The lowest BCUT2D eigenvalue weighted by molar-refractivity contribution is -0.0804. The molecule has 0 aromatic heterocycles. The van der Waals surface area contributed by atoms with Crippen molar-refractivity contribution in [3.05, 3.63) is 0 Å². The SMILES string of the molecule is CCC(C)C(O)(CCCCC(O)(C(C)CC)C(C)CC)C(C)CC. The first-order valence-electron chi connectivity index (χ1n) is 10.6. The van der Waals surface area contributed by atoms with Crippen LogP contribution in [0, 0.1) is 23.7 Å². The molecule has 0 saturated carbocycles. The summed E-state index contributed by atoms with van der Waals surface area (Å²) in [5, 5.41) is 22.5. The topological polar surface area (TPSA) is 40.5 Å². The fourth-order valence-corrected chi connectivity index (χ4v) is 4.19. The Bertz CT molecular complexity index is 274. The molecule has 24 heavy (non-hydrogen) atoms. The molecule has 2 nitrogen and oxygen atoms in total. The van der Waals surface area contributed by atoms with E-state index in [0.717, 1.165) is 51.4 Å². The van der Waals surface area contributed by atoms with Crippen molar-refractivity contribution in [2.24, 2.45) is 23.7 Å². The van der Waals surface area contributed by atoms with Crippen LogP contribution in [-0.2, 0) is 0 Å². The van der Waals surface area contributed by atoms with E-state index >= 15 is 0 Å². The van der Waals surface area contributed by atoms with Gasteiger partial charge in [0.2, 0.25) is 0 Å². The van der Waals surface area contributed by atoms with Crippen LogP contribution in [0.15, 0.2) is 0 Å². The maximum atomic E-state index is 11.2. The van der Waals surface area contributed by atoms with Crippen molar-refractivity contribution >= 4 is 0 Å². The van der Waals surface area contributed by atoms with Crippen molar-refractivity contribution in [3.63, 3.8) is 0 Å². The minimum absolute atomic E-state index is 0.329. The molecule has 4 unspecified atom stereocenters. The van der Waals surface area contributed by atoms with Crippen LogP contribution in [-0.4, -0.2) is 21.4 Å². The molecular weight excluding hydrogens is 296 g/mol. The molecule has 0 amide bonds. The predicted molar refractivity (Wildman–Crippen MR) is 106 cm³/mol. The van der Waals surface area contributed by atoms with Crippen LogP contribution >= 0.6 is 0 Å². The van der Waals surface area contributed by atoms with Gasteiger partial charge in [-0.1, -0.05) is 93.9 Å². The Morgan fingerprint density at radius 1 is 0.542 bits per heavy atom. The summed E-state index contributed by atoms with van der Waals surface area (Å²) in [6, 6.07) is 0. The molecule has 0 aliphatic heterocycles. The normalized spacial score (nSPS) is 22.2. The lowest BCUT2D eigenvalue weighted by Crippen LogP contribution is -2.44. The lowest BCUT2D eigenvalue weighted by atomic mass is 9.71. The number of aliphatic hydroxyl groups is 2. The zero-order chi connectivity index (χ0) is 19.0. The first-order chi connectivity index (χ1) is 11.1. The zero-order valence-electron chi connectivity index (χ0n) is 17.9. The Morgan fingerprint density at radius 2 is 0.750 bits per heavy atom. The molecule has 2 heteroatoms. The third kappa shape index (κ3) is 5.73. The van der Waals surface area contributed by atoms with E-state index in [1.165, 1.54) is 0 Å². The van der Waals surface area contributed by atoms with Crippen LogP contribution in [0.25, 0.3) is 0 Å². The quantitative estimate of drug-likeness (QED) is 0.392. The molecule has 4 atom stereocenters. The maximum absolute atomic E-state index is 11.2. The molecule has 0 spiro atoms. The highest BCUT2D eigenvalue weighted by Crippen LogP contribution is 2.38. The molecule has 0 saturated heterocycles. The molecule has 0 fully saturated rings. The van der Waals surface area contributed by atoms with Gasteiger partial charge in [0.1, 0.15) is 0 Å². The average Bonchev–Trinajstić information content (AvgIpc) is 2.61. The highest BCUT2D eigenvalue weighted by atomic mass is 16.3. The fourth-order valence-electron chi connectivity index (χ4n) is 4.19. The number of hydrogen-bond acceptors (Lipinski definition) is 2. The van der Waals surface area contributed by atoms with E-state index < -0.39 is 11.2 Å². The fraction of sp³-hybridized carbons (Fsp3) is 1.00. The monoisotopic (exact) mass is 342 g/mol. The van der Waals surface area contributed by atoms with E-state index in [9.17, 15) is 10.2 Å². The molecule has 0 aromatic rings. The van der Waals surface area contributed by atoms with Crippen LogP contribution in [0.3, 0.4) is 0 Å². The molecule has 0 aliphatic rings. The van der Waals surface area contributed by atoms with Gasteiger partial charge in [0, 0.05) is 0 Å². The summed E-state index contributed by atoms with van der Waals surface area (Å²) in [5.41, 5.74) is -1.12. The van der Waals surface area contributed by atoms with Crippen molar-refractivity contribution in [3.8, 4) is 0 Å². The summed E-state index contributed by atoms with van der Waals surface area (Å²) in [6.07, 6.45) is 7.78. The Kier molecular flexibility index (Phi) is 10.8. The average molecular weight is 343 g/mol. The standard InChI is InChI=1S/C22H46O2/c1-9-17(5)21(23,18(6)10-2)15-13-14-16-22(24,19(7)11-3)20(8)12-4/h17-20,23-24H,9-16H2,1-8H3. The Morgan fingerprint density at radius 3 is 0.917 bits per heavy atom. The second kappa shape index (κ2) is 10.8. The highest BCUT2D eigenvalue weighted by Gasteiger charge is 2.39. The third-order valence-electron chi connectivity index (χ3n) is 7.27. The van der Waals surface area contributed by atoms with E-state index in [-0.39, 0.29) is 0 Å². The second-order valence-electron chi connectivity index (χ2n) is 8.43. The molecule has 0 rings (SSSR count). The van der Waals surface area contributed by atoms with Crippen LogP contribution in [0.4, 0.5) is 0 Å². The van der Waals surface area contributed by atoms with Gasteiger partial charge in [0.05, 0.1) is 11.2 Å². The third-order valence-corrected chi connectivity index (χ3v) is 7.27. The molecular formula is C22H46O2. The zero-order valence-corrected chi connectivity index (χ0v) is 17.9. The van der Waals surface area contributed by atoms with Gasteiger partial charge in [-0.05, 0) is 36.5 Å². The number of unbranched alkanes of at least 4 members (excludes halogenated alkanes) is 1. The van der Waals surface area contributed by atoms with E-state index in [0.29, 0.717) is 23.7 Å². The molecule has 0 heterocycles. The largest absolute Gasteiger partial charge is 0.389 e. The van der Waals surface area contributed by atoms with Crippen LogP contribution in [0.5, 0.6) is 0 Å². The molecule has 0 bridgehead atoms.